The molecule has 58 heavy (non-hydrogen) atoms. The van der Waals surface area contributed by atoms with Crippen molar-refractivity contribution in [1.82, 2.24) is 0 Å². The third-order valence-electron chi connectivity index (χ3n) is 17.5. The van der Waals surface area contributed by atoms with E-state index < -0.39 is 120 Å². The molecule has 4 saturated carbocycles. The number of allylic oxidation sites excluding steroid dienone is 1. The molecule has 0 radical (unpaired) electrons. The molecule has 16 heteroatoms. The van der Waals surface area contributed by atoms with Crippen molar-refractivity contribution in [2.45, 2.75) is 173 Å². The first-order chi connectivity index (χ1) is 27.0. The summed E-state index contributed by atoms with van der Waals surface area (Å²) < 4.78 is 23.3. The first kappa shape index (κ1) is 44.3. The van der Waals surface area contributed by atoms with Gasteiger partial charge < -0.3 is 70.0 Å². The molecule has 10 N–H and O–H groups in total. The largest absolute Gasteiger partial charge is 0.479 e. The SMILES string of the molecule is CC1(C)CCC2(C(=O)OC3OC(CO)C(O)C(O)C3O)CCC3(C)C(=CCC4C5(C)CCC(OC6OC(C(=O)O)C(O)C(O)C6O)C(C)(CO)C5CCC43C)C2C1O. The zero-order chi connectivity index (χ0) is 42.7. The topological polar surface area (TPSA) is 273 Å². The molecule has 2 saturated heterocycles. The van der Waals surface area contributed by atoms with Crippen molar-refractivity contribution < 1.29 is 79.6 Å². The third kappa shape index (κ3) is 6.21. The van der Waals surface area contributed by atoms with Crippen LogP contribution in [-0.2, 0) is 28.5 Å². The maximum atomic E-state index is 14.6. The fraction of sp³-hybridized carbons (Fsp3) is 0.905. The van der Waals surface area contributed by atoms with Gasteiger partial charge in [0.15, 0.2) is 12.4 Å². The number of rotatable bonds is 7. The van der Waals surface area contributed by atoms with E-state index in [0.29, 0.717) is 51.4 Å². The highest BCUT2D eigenvalue weighted by Crippen LogP contribution is 2.76. The summed E-state index contributed by atoms with van der Waals surface area (Å²) in [5.74, 6) is -2.78. The van der Waals surface area contributed by atoms with Gasteiger partial charge in [-0.05, 0) is 91.3 Å². The summed E-state index contributed by atoms with van der Waals surface area (Å²) >= 11 is 0. The van der Waals surface area contributed by atoms with Gasteiger partial charge in [-0.25, -0.2) is 4.79 Å². The second-order valence-electron chi connectivity index (χ2n) is 20.5. The number of carbonyl (C=O) groups excluding carboxylic acids is 1. The van der Waals surface area contributed by atoms with E-state index in [2.05, 4.69) is 26.8 Å². The van der Waals surface area contributed by atoms with Crippen molar-refractivity contribution in [3.63, 3.8) is 0 Å². The molecule has 0 aromatic heterocycles. The highest BCUT2D eigenvalue weighted by molar-refractivity contribution is 5.79. The van der Waals surface area contributed by atoms with Crippen LogP contribution in [0, 0.1) is 50.2 Å². The lowest BCUT2D eigenvalue weighted by Gasteiger charge is -2.71. The molecule has 7 aliphatic rings. The molecule has 2 heterocycles. The molecule has 20 unspecified atom stereocenters. The van der Waals surface area contributed by atoms with Crippen molar-refractivity contribution in [1.29, 1.82) is 0 Å². The van der Waals surface area contributed by atoms with E-state index in [4.69, 9.17) is 18.9 Å². The molecule has 0 aromatic carbocycles. The Bertz CT molecular complexity index is 1620. The first-order valence-electron chi connectivity index (χ1n) is 21.1. The monoisotopic (exact) mass is 826 g/mol. The minimum absolute atomic E-state index is 0.0812. The minimum atomic E-state index is -1.85. The number of fused-ring (bicyclic) bond motifs is 7. The molecule has 0 amide bonds. The van der Waals surface area contributed by atoms with Gasteiger partial charge >= 0.3 is 11.9 Å². The number of hydrogen-bond donors (Lipinski definition) is 10. The average Bonchev–Trinajstić information content (AvgIpc) is 3.17. The molecular formula is C42H66O16. The Hall–Kier alpha value is -1.80. The van der Waals surface area contributed by atoms with Crippen LogP contribution in [0.4, 0.5) is 0 Å². The quantitative estimate of drug-likeness (QED) is 0.0943. The van der Waals surface area contributed by atoms with E-state index in [-0.39, 0.29) is 29.3 Å². The number of aliphatic hydroxyl groups excluding tert-OH is 9. The average molecular weight is 827 g/mol. The fourth-order valence-corrected chi connectivity index (χ4v) is 13.5. The predicted molar refractivity (Wildman–Crippen MR) is 201 cm³/mol. The highest BCUT2D eigenvalue weighted by atomic mass is 16.7. The molecule has 5 aliphatic carbocycles. The summed E-state index contributed by atoms with van der Waals surface area (Å²) in [4.78, 5) is 26.4. The summed E-state index contributed by atoms with van der Waals surface area (Å²) in [6.07, 6.45) is -11.0. The van der Waals surface area contributed by atoms with Crippen molar-refractivity contribution in [2.24, 2.45) is 50.2 Å². The molecule has 0 bridgehead atoms. The van der Waals surface area contributed by atoms with Crippen LogP contribution >= 0.6 is 0 Å². The van der Waals surface area contributed by atoms with Crippen molar-refractivity contribution >= 4 is 11.9 Å². The smallest absolute Gasteiger partial charge is 0.335 e. The second kappa shape index (κ2) is 14.9. The maximum Gasteiger partial charge on any atom is 0.335 e. The van der Waals surface area contributed by atoms with Gasteiger partial charge in [0.1, 0.15) is 42.7 Å². The number of hydrogen-bond acceptors (Lipinski definition) is 15. The number of ether oxygens (including phenoxy) is 4. The van der Waals surface area contributed by atoms with E-state index in [1.807, 2.05) is 20.8 Å². The van der Waals surface area contributed by atoms with Gasteiger partial charge in [-0.2, -0.15) is 0 Å². The maximum absolute atomic E-state index is 14.6. The van der Waals surface area contributed by atoms with E-state index in [1.54, 1.807) is 0 Å². The van der Waals surface area contributed by atoms with E-state index in [1.165, 1.54) is 0 Å². The van der Waals surface area contributed by atoms with Crippen LogP contribution < -0.4 is 0 Å². The molecule has 20 atom stereocenters. The minimum Gasteiger partial charge on any atom is -0.479 e. The normalized spacial score (nSPS) is 53.8. The van der Waals surface area contributed by atoms with Crippen LogP contribution in [0.25, 0.3) is 0 Å². The number of aliphatic carboxylic acids is 1. The standard InChI is InChI=1S/C42H66O16/c1-37(2)13-15-42(36(54)58-34-29(49)26(46)25(45)20(17-43)55-34)16-14-40(5)19(24(42)32(37)51)7-8-22-38(3)11-10-23(39(4,18-44)21(38)9-12-41(22,40)6)56-35-30(50)27(47)28(48)31(57-35)33(52)53/h7,20-32,34-35,43-51H,8-18H2,1-6H3,(H,52,53). The van der Waals surface area contributed by atoms with Crippen LogP contribution in [0.2, 0.25) is 0 Å². The third-order valence-corrected chi connectivity index (χ3v) is 17.5. The molecule has 6 fully saturated rings. The van der Waals surface area contributed by atoms with Crippen LogP contribution in [0.3, 0.4) is 0 Å². The number of carbonyl (C=O) groups is 2. The van der Waals surface area contributed by atoms with E-state index >= 15 is 0 Å². The Balaban J connectivity index is 1.19. The van der Waals surface area contributed by atoms with Gasteiger partial charge in [0, 0.05) is 11.3 Å². The van der Waals surface area contributed by atoms with Crippen LogP contribution in [0.15, 0.2) is 11.6 Å². The van der Waals surface area contributed by atoms with E-state index in [9.17, 15) is 60.7 Å². The van der Waals surface area contributed by atoms with E-state index in [0.717, 1.165) is 12.0 Å². The zero-order valence-electron chi connectivity index (χ0n) is 34.4. The van der Waals surface area contributed by atoms with Gasteiger partial charge in [-0.3, -0.25) is 4.79 Å². The molecule has 0 aromatic rings. The molecule has 0 spiro atoms. The van der Waals surface area contributed by atoms with Crippen LogP contribution in [0.1, 0.15) is 99.3 Å². The summed E-state index contributed by atoms with van der Waals surface area (Å²) in [7, 11) is 0. The summed E-state index contributed by atoms with van der Waals surface area (Å²) in [6.45, 7) is 11.8. The Morgan fingerprint density at radius 1 is 0.741 bits per heavy atom. The number of carboxylic acid groups (broad SMARTS) is 1. The summed E-state index contributed by atoms with van der Waals surface area (Å²) in [5.41, 5.74) is -2.70. The first-order valence-corrected chi connectivity index (χ1v) is 21.1. The predicted octanol–water partition coefficient (Wildman–Crippen LogP) is 0.352. The van der Waals surface area contributed by atoms with Gasteiger partial charge in [0.25, 0.3) is 0 Å². The van der Waals surface area contributed by atoms with Crippen LogP contribution in [0.5, 0.6) is 0 Å². The lowest BCUT2D eigenvalue weighted by molar-refractivity contribution is -0.327. The van der Waals surface area contributed by atoms with Gasteiger partial charge in [-0.15, -0.1) is 0 Å². The fourth-order valence-electron chi connectivity index (χ4n) is 13.5. The lowest BCUT2D eigenvalue weighted by Crippen LogP contribution is -2.68. The number of carboxylic acids is 1. The Morgan fingerprint density at radius 3 is 2.02 bits per heavy atom. The number of aliphatic hydroxyl groups is 9. The van der Waals surface area contributed by atoms with Gasteiger partial charge in [-0.1, -0.05) is 53.2 Å². The number of esters is 1. The van der Waals surface area contributed by atoms with Crippen molar-refractivity contribution in [3.05, 3.63) is 11.6 Å². The summed E-state index contributed by atoms with van der Waals surface area (Å²) in [5, 5.41) is 106. The van der Waals surface area contributed by atoms with Gasteiger partial charge in [0.2, 0.25) is 6.29 Å². The molecular weight excluding hydrogens is 760 g/mol. The Labute approximate surface area is 339 Å². The Kier molecular flexibility index (Phi) is 11.4. The van der Waals surface area contributed by atoms with Crippen molar-refractivity contribution in [3.8, 4) is 0 Å². The Morgan fingerprint density at radius 2 is 1.38 bits per heavy atom. The van der Waals surface area contributed by atoms with Crippen LogP contribution in [-0.4, -0.2) is 150 Å². The molecule has 7 rings (SSSR count). The van der Waals surface area contributed by atoms with Gasteiger partial charge in [0.05, 0.1) is 30.8 Å². The molecule has 16 nitrogen and oxygen atoms in total. The van der Waals surface area contributed by atoms with Crippen molar-refractivity contribution in [2.75, 3.05) is 13.2 Å². The molecule has 2 aliphatic heterocycles. The highest BCUT2D eigenvalue weighted by Gasteiger charge is 2.71. The molecule has 330 valence electrons. The zero-order valence-corrected chi connectivity index (χ0v) is 34.4. The summed E-state index contributed by atoms with van der Waals surface area (Å²) in [6, 6.07) is 0. The second-order valence-corrected chi connectivity index (χ2v) is 20.5. The lowest BCUT2D eigenvalue weighted by atomic mass is 9.33.